The molecule has 0 aromatic rings. The Kier molecular flexibility index (Phi) is 9.14. The quantitative estimate of drug-likeness (QED) is 0.523. The lowest BCUT2D eigenvalue weighted by molar-refractivity contribution is -0.0994. The predicted molar refractivity (Wildman–Crippen MR) is 131 cm³/mol. The standard InChI is InChI=1S/C27H51N3O/c1-4-22(3)25-8-14-29(15-9-25)21-24-18-27(19-24)31-26-10-16-30(17-11-26)20-23-6-12-28(5-2)13-7-23/h22-27H,4-21H2,1-3H3/t22?,24-,27+. The van der Waals surface area contributed by atoms with E-state index in [1.807, 2.05) is 0 Å². The number of piperidine rings is 3. The van der Waals surface area contributed by atoms with E-state index in [2.05, 4.69) is 35.5 Å². The van der Waals surface area contributed by atoms with Crippen molar-refractivity contribution in [3.8, 4) is 0 Å². The molecule has 0 amide bonds. The Hall–Kier alpha value is -0.160. The van der Waals surface area contributed by atoms with Crippen LogP contribution in [0.15, 0.2) is 0 Å². The third-order valence-electron chi connectivity index (χ3n) is 9.38. The summed E-state index contributed by atoms with van der Waals surface area (Å²) >= 11 is 0. The molecule has 0 aromatic carbocycles. The third-order valence-corrected chi connectivity index (χ3v) is 9.38. The lowest BCUT2D eigenvalue weighted by atomic mass is 9.80. The van der Waals surface area contributed by atoms with Gasteiger partial charge in [-0.05, 0) is 108 Å². The highest BCUT2D eigenvalue weighted by Crippen LogP contribution is 2.35. The number of ether oxygens (including phenoxy) is 1. The van der Waals surface area contributed by atoms with Crippen molar-refractivity contribution in [2.24, 2.45) is 23.7 Å². The van der Waals surface area contributed by atoms with Crippen molar-refractivity contribution < 1.29 is 4.74 Å². The maximum atomic E-state index is 6.52. The van der Waals surface area contributed by atoms with Crippen molar-refractivity contribution >= 4 is 0 Å². The molecule has 1 unspecified atom stereocenters. The van der Waals surface area contributed by atoms with Crippen molar-refractivity contribution in [3.63, 3.8) is 0 Å². The van der Waals surface area contributed by atoms with Gasteiger partial charge < -0.3 is 19.4 Å². The van der Waals surface area contributed by atoms with Crippen LogP contribution in [0.25, 0.3) is 0 Å². The monoisotopic (exact) mass is 433 g/mol. The smallest absolute Gasteiger partial charge is 0.0603 e. The van der Waals surface area contributed by atoms with Gasteiger partial charge in [-0.15, -0.1) is 0 Å². The molecule has 1 aliphatic carbocycles. The summed E-state index contributed by atoms with van der Waals surface area (Å²) in [6.45, 7) is 18.9. The highest BCUT2D eigenvalue weighted by atomic mass is 16.5. The molecule has 4 rings (SSSR count). The topological polar surface area (TPSA) is 19.0 Å². The molecule has 4 aliphatic rings. The number of hydrogen-bond acceptors (Lipinski definition) is 4. The summed E-state index contributed by atoms with van der Waals surface area (Å²) in [5.74, 6) is 3.74. The zero-order chi connectivity index (χ0) is 21.6. The Balaban J connectivity index is 1.04. The molecule has 3 heterocycles. The van der Waals surface area contributed by atoms with Gasteiger partial charge in [0.05, 0.1) is 12.2 Å². The van der Waals surface area contributed by atoms with Gasteiger partial charge in [0.1, 0.15) is 0 Å². The molecular formula is C27H51N3O. The van der Waals surface area contributed by atoms with Gasteiger partial charge in [-0.2, -0.15) is 0 Å². The Morgan fingerprint density at radius 3 is 1.81 bits per heavy atom. The van der Waals surface area contributed by atoms with Crippen LogP contribution in [0.4, 0.5) is 0 Å². The summed E-state index contributed by atoms with van der Waals surface area (Å²) in [6.07, 6.45) is 13.3. The van der Waals surface area contributed by atoms with Crippen molar-refractivity contribution in [1.29, 1.82) is 0 Å². The third kappa shape index (κ3) is 6.91. The van der Waals surface area contributed by atoms with Crippen LogP contribution in [-0.4, -0.2) is 85.8 Å². The van der Waals surface area contributed by atoms with Crippen LogP contribution in [0.5, 0.6) is 0 Å². The highest BCUT2D eigenvalue weighted by molar-refractivity contribution is 4.87. The van der Waals surface area contributed by atoms with E-state index in [0.29, 0.717) is 12.2 Å². The highest BCUT2D eigenvalue weighted by Gasteiger charge is 2.35. The first-order valence-corrected chi connectivity index (χ1v) is 13.9. The van der Waals surface area contributed by atoms with E-state index >= 15 is 0 Å². The van der Waals surface area contributed by atoms with E-state index < -0.39 is 0 Å². The van der Waals surface area contributed by atoms with E-state index in [-0.39, 0.29) is 0 Å². The fraction of sp³-hybridized carbons (Fsp3) is 1.00. The van der Waals surface area contributed by atoms with Crippen LogP contribution in [-0.2, 0) is 4.74 Å². The minimum absolute atomic E-state index is 0.537. The van der Waals surface area contributed by atoms with Crippen LogP contribution in [0, 0.1) is 23.7 Å². The van der Waals surface area contributed by atoms with Gasteiger partial charge in [-0.1, -0.05) is 27.2 Å². The van der Waals surface area contributed by atoms with Crippen molar-refractivity contribution in [2.75, 3.05) is 58.9 Å². The molecule has 1 saturated carbocycles. The normalized spacial score (nSPS) is 32.2. The van der Waals surface area contributed by atoms with Crippen LogP contribution < -0.4 is 0 Å². The van der Waals surface area contributed by atoms with Crippen LogP contribution in [0.3, 0.4) is 0 Å². The maximum absolute atomic E-state index is 6.52. The van der Waals surface area contributed by atoms with Gasteiger partial charge in [0, 0.05) is 26.2 Å². The second kappa shape index (κ2) is 11.8. The molecule has 0 aromatic heterocycles. The summed E-state index contributed by atoms with van der Waals surface area (Å²) in [5, 5.41) is 0. The van der Waals surface area contributed by atoms with Crippen molar-refractivity contribution in [2.45, 2.75) is 90.8 Å². The van der Waals surface area contributed by atoms with Crippen molar-refractivity contribution in [1.82, 2.24) is 14.7 Å². The van der Waals surface area contributed by atoms with Gasteiger partial charge in [0.2, 0.25) is 0 Å². The summed E-state index contributed by atoms with van der Waals surface area (Å²) in [7, 11) is 0. The predicted octanol–water partition coefficient (Wildman–Crippen LogP) is 4.74. The molecule has 0 bridgehead atoms. The van der Waals surface area contributed by atoms with Crippen molar-refractivity contribution in [3.05, 3.63) is 0 Å². The molecule has 31 heavy (non-hydrogen) atoms. The zero-order valence-corrected chi connectivity index (χ0v) is 20.9. The molecule has 1 atom stereocenters. The van der Waals surface area contributed by atoms with E-state index in [1.54, 1.807) is 0 Å². The SMILES string of the molecule is CCC(C)C1CCN(C[C@H]2C[C@@H](OC3CCN(CC4CCN(CC)CC4)CC3)C2)CC1. The first-order chi connectivity index (χ1) is 15.1. The summed E-state index contributed by atoms with van der Waals surface area (Å²) in [6, 6.07) is 0. The fourth-order valence-corrected chi connectivity index (χ4v) is 6.69. The molecule has 4 fully saturated rings. The second-order valence-electron chi connectivity index (χ2n) is 11.5. The average molecular weight is 434 g/mol. The Morgan fingerprint density at radius 2 is 1.23 bits per heavy atom. The van der Waals surface area contributed by atoms with E-state index in [0.717, 1.165) is 23.7 Å². The minimum Gasteiger partial charge on any atom is -0.375 e. The van der Waals surface area contributed by atoms with E-state index in [9.17, 15) is 0 Å². The number of hydrogen-bond donors (Lipinski definition) is 0. The Labute approximate surface area is 193 Å². The molecule has 3 aliphatic heterocycles. The van der Waals surface area contributed by atoms with Gasteiger partial charge in [0.25, 0.3) is 0 Å². The first kappa shape index (κ1) is 24.0. The number of rotatable bonds is 9. The largest absolute Gasteiger partial charge is 0.375 e. The molecule has 0 radical (unpaired) electrons. The first-order valence-electron chi connectivity index (χ1n) is 13.9. The van der Waals surface area contributed by atoms with E-state index in [4.69, 9.17) is 4.74 Å². The molecular weight excluding hydrogens is 382 g/mol. The maximum Gasteiger partial charge on any atom is 0.0603 e. The number of nitrogens with zero attached hydrogens (tertiary/aromatic N) is 3. The molecule has 0 spiro atoms. The lowest BCUT2D eigenvalue weighted by Gasteiger charge is -2.43. The number of likely N-dealkylation sites (tertiary alicyclic amines) is 3. The Bertz CT molecular complexity index is 499. The fourth-order valence-electron chi connectivity index (χ4n) is 6.69. The average Bonchev–Trinajstić information content (AvgIpc) is 2.79. The summed E-state index contributed by atoms with van der Waals surface area (Å²) in [4.78, 5) is 8.10. The van der Waals surface area contributed by atoms with Crippen LogP contribution >= 0.6 is 0 Å². The molecule has 4 nitrogen and oxygen atoms in total. The lowest BCUT2D eigenvalue weighted by Crippen LogP contribution is -2.46. The van der Waals surface area contributed by atoms with Crippen LogP contribution in [0.2, 0.25) is 0 Å². The molecule has 0 N–H and O–H groups in total. The van der Waals surface area contributed by atoms with Gasteiger partial charge in [0.15, 0.2) is 0 Å². The molecule has 180 valence electrons. The molecule has 4 heteroatoms. The minimum atomic E-state index is 0.537. The van der Waals surface area contributed by atoms with Crippen LogP contribution in [0.1, 0.15) is 78.6 Å². The molecule has 3 saturated heterocycles. The summed E-state index contributed by atoms with van der Waals surface area (Å²) < 4.78 is 6.52. The Morgan fingerprint density at radius 1 is 0.677 bits per heavy atom. The second-order valence-corrected chi connectivity index (χ2v) is 11.5. The van der Waals surface area contributed by atoms with Gasteiger partial charge in [-0.3, -0.25) is 0 Å². The van der Waals surface area contributed by atoms with Gasteiger partial charge >= 0.3 is 0 Å². The van der Waals surface area contributed by atoms with E-state index in [1.165, 1.54) is 117 Å². The zero-order valence-electron chi connectivity index (χ0n) is 20.9. The van der Waals surface area contributed by atoms with Gasteiger partial charge in [-0.25, -0.2) is 0 Å². The summed E-state index contributed by atoms with van der Waals surface area (Å²) in [5.41, 5.74) is 0.